The van der Waals surface area contributed by atoms with Crippen molar-refractivity contribution in [1.82, 2.24) is 19.9 Å². The molecule has 0 spiro atoms. The highest BCUT2D eigenvalue weighted by molar-refractivity contribution is 5.77. The first-order valence-electron chi connectivity index (χ1n) is 5.99. The molecule has 0 radical (unpaired) electrons. The molecule has 0 bridgehead atoms. The smallest absolute Gasteiger partial charge is 0.115 e. The molecule has 1 aromatic carbocycles. The van der Waals surface area contributed by atoms with Crippen LogP contribution in [-0.4, -0.2) is 40.0 Å². The zero-order valence-corrected chi connectivity index (χ0v) is 10.0. The number of hydrogen-bond acceptors (Lipinski definition) is 4. The Hall–Kier alpha value is -1.62. The van der Waals surface area contributed by atoms with Gasteiger partial charge in [0.15, 0.2) is 0 Å². The number of nitrogen functional groups attached to an aromatic ring is 1. The molecule has 2 N–H and O–H groups in total. The molecule has 17 heavy (non-hydrogen) atoms. The lowest BCUT2D eigenvalue weighted by Gasteiger charge is -2.10. The van der Waals surface area contributed by atoms with Crippen LogP contribution in [0.2, 0.25) is 0 Å². The van der Waals surface area contributed by atoms with Crippen molar-refractivity contribution in [2.45, 2.75) is 13.0 Å². The third kappa shape index (κ3) is 1.98. The second-order valence-electron chi connectivity index (χ2n) is 4.94. The number of likely N-dealkylation sites (tertiary alicyclic amines) is 1. The lowest BCUT2D eigenvalue weighted by molar-refractivity contribution is 0.370. The van der Waals surface area contributed by atoms with Gasteiger partial charge in [0.1, 0.15) is 5.52 Å². The Bertz CT molecular complexity index is 533. The highest BCUT2D eigenvalue weighted by atomic mass is 15.4. The third-order valence-corrected chi connectivity index (χ3v) is 3.46. The molecule has 1 fully saturated rings. The van der Waals surface area contributed by atoms with Crippen molar-refractivity contribution in [2.24, 2.45) is 5.92 Å². The Balaban J connectivity index is 1.85. The molecular formula is C12H17N5. The summed E-state index contributed by atoms with van der Waals surface area (Å²) >= 11 is 0. The van der Waals surface area contributed by atoms with E-state index in [1.165, 1.54) is 13.0 Å². The van der Waals surface area contributed by atoms with Gasteiger partial charge >= 0.3 is 0 Å². The van der Waals surface area contributed by atoms with Gasteiger partial charge < -0.3 is 10.6 Å². The molecule has 1 saturated heterocycles. The minimum atomic E-state index is 0.683. The van der Waals surface area contributed by atoms with Crippen LogP contribution in [0.1, 0.15) is 6.42 Å². The van der Waals surface area contributed by atoms with E-state index in [9.17, 15) is 0 Å². The fourth-order valence-corrected chi connectivity index (χ4v) is 2.54. The molecule has 2 aromatic rings. The molecule has 0 saturated carbocycles. The third-order valence-electron chi connectivity index (χ3n) is 3.46. The first-order chi connectivity index (χ1) is 8.22. The second-order valence-corrected chi connectivity index (χ2v) is 4.94. The summed E-state index contributed by atoms with van der Waals surface area (Å²) in [5.41, 5.74) is 8.44. The van der Waals surface area contributed by atoms with Gasteiger partial charge in [0.25, 0.3) is 0 Å². The minimum absolute atomic E-state index is 0.683. The zero-order valence-electron chi connectivity index (χ0n) is 10.0. The van der Waals surface area contributed by atoms with Gasteiger partial charge in [-0.3, -0.25) is 0 Å². The van der Waals surface area contributed by atoms with Crippen molar-refractivity contribution in [1.29, 1.82) is 0 Å². The van der Waals surface area contributed by atoms with Gasteiger partial charge in [0, 0.05) is 18.8 Å². The Kier molecular flexibility index (Phi) is 2.48. The highest BCUT2D eigenvalue weighted by Gasteiger charge is 2.20. The Labute approximate surface area is 100 Å². The average molecular weight is 231 g/mol. The van der Waals surface area contributed by atoms with Gasteiger partial charge in [0.2, 0.25) is 0 Å². The summed E-state index contributed by atoms with van der Waals surface area (Å²) in [5.74, 6) is 0.683. The molecular weight excluding hydrogens is 214 g/mol. The van der Waals surface area contributed by atoms with Crippen LogP contribution < -0.4 is 5.73 Å². The number of hydrogen-bond donors (Lipinski definition) is 1. The number of nitrogens with two attached hydrogens (primary N) is 1. The Morgan fingerprint density at radius 3 is 3.12 bits per heavy atom. The second kappa shape index (κ2) is 4.00. The summed E-state index contributed by atoms with van der Waals surface area (Å²) in [5, 5.41) is 8.38. The van der Waals surface area contributed by atoms with Crippen LogP contribution in [0.25, 0.3) is 11.0 Å². The largest absolute Gasteiger partial charge is 0.399 e. The van der Waals surface area contributed by atoms with E-state index in [0.29, 0.717) is 5.92 Å². The molecule has 0 aliphatic carbocycles. The van der Waals surface area contributed by atoms with Crippen LogP contribution in [0.5, 0.6) is 0 Å². The normalized spacial score (nSPS) is 21.4. The maximum atomic E-state index is 5.73. The number of aromatic nitrogens is 3. The van der Waals surface area contributed by atoms with Crippen LogP contribution in [-0.2, 0) is 6.54 Å². The van der Waals surface area contributed by atoms with Crippen LogP contribution in [0.15, 0.2) is 18.2 Å². The van der Waals surface area contributed by atoms with E-state index in [2.05, 4.69) is 22.3 Å². The molecule has 1 aliphatic heterocycles. The summed E-state index contributed by atoms with van der Waals surface area (Å²) < 4.78 is 2.00. The van der Waals surface area contributed by atoms with E-state index < -0.39 is 0 Å². The molecule has 90 valence electrons. The summed E-state index contributed by atoms with van der Waals surface area (Å²) in [6.07, 6.45) is 1.24. The van der Waals surface area contributed by atoms with E-state index in [1.807, 2.05) is 22.9 Å². The molecule has 5 heteroatoms. The molecule has 1 aromatic heterocycles. The number of anilines is 1. The summed E-state index contributed by atoms with van der Waals surface area (Å²) in [6, 6.07) is 5.78. The van der Waals surface area contributed by atoms with Crippen molar-refractivity contribution < 1.29 is 0 Å². The zero-order chi connectivity index (χ0) is 11.8. The van der Waals surface area contributed by atoms with Crippen molar-refractivity contribution in [3.63, 3.8) is 0 Å². The van der Waals surface area contributed by atoms with Crippen molar-refractivity contribution >= 4 is 16.7 Å². The van der Waals surface area contributed by atoms with E-state index >= 15 is 0 Å². The van der Waals surface area contributed by atoms with E-state index in [-0.39, 0.29) is 0 Å². The minimum Gasteiger partial charge on any atom is -0.399 e. The average Bonchev–Trinajstić information content (AvgIpc) is 2.86. The van der Waals surface area contributed by atoms with Gasteiger partial charge in [-0.25, -0.2) is 4.68 Å². The standard InChI is InChI=1S/C12H17N5/c1-16-5-4-9(7-16)8-17-12-3-2-10(13)6-11(12)14-15-17/h2-3,6,9H,4-5,7-8,13H2,1H3. The van der Waals surface area contributed by atoms with E-state index in [0.717, 1.165) is 29.8 Å². The number of benzene rings is 1. The predicted octanol–water partition coefficient (Wildman–Crippen LogP) is 0.965. The van der Waals surface area contributed by atoms with Gasteiger partial charge in [-0.2, -0.15) is 0 Å². The maximum absolute atomic E-state index is 5.73. The first kappa shape index (κ1) is 10.5. The quantitative estimate of drug-likeness (QED) is 0.782. The van der Waals surface area contributed by atoms with Crippen molar-refractivity contribution in [3.8, 4) is 0 Å². The first-order valence-corrected chi connectivity index (χ1v) is 5.99. The fraction of sp³-hybridized carbons (Fsp3) is 0.500. The summed E-state index contributed by atoms with van der Waals surface area (Å²) in [6.45, 7) is 3.28. The fourth-order valence-electron chi connectivity index (χ4n) is 2.54. The molecule has 2 heterocycles. The van der Waals surface area contributed by atoms with Crippen LogP contribution in [0, 0.1) is 5.92 Å². The molecule has 1 atom stereocenters. The number of nitrogens with zero attached hydrogens (tertiary/aromatic N) is 4. The lowest BCUT2D eigenvalue weighted by atomic mass is 10.1. The Morgan fingerprint density at radius 1 is 1.47 bits per heavy atom. The predicted molar refractivity (Wildman–Crippen MR) is 67.5 cm³/mol. The lowest BCUT2D eigenvalue weighted by Crippen LogP contribution is -2.17. The van der Waals surface area contributed by atoms with Gasteiger partial charge in [-0.15, -0.1) is 5.10 Å². The monoisotopic (exact) mass is 231 g/mol. The molecule has 5 nitrogen and oxygen atoms in total. The summed E-state index contributed by atoms with van der Waals surface area (Å²) in [4.78, 5) is 2.36. The molecule has 1 unspecified atom stereocenters. The molecule has 1 aliphatic rings. The van der Waals surface area contributed by atoms with Crippen LogP contribution in [0.3, 0.4) is 0 Å². The van der Waals surface area contributed by atoms with E-state index in [1.54, 1.807) is 0 Å². The topological polar surface area (TPSA) is 60.0 Å². The summed E-state index contributed by atoms with van der Waals surface area (Å²) in [7, 11) is 2.17. The van der Waals surface area contributed by atoms with Gasteiger partial charge in [0.05, 0.1) is 5.52 Å². The van der Waals surface area contributed by atoms with Crippen molar-refractivity contribution in [2.75, 3.05) is 25.9 Å². The van der Waals surface area contributed by atoms with Gasteiger partial charge in [-0.1, -0.05) is 5.21 Å². The van der Waals surface area contributed by atoms with Crippen LogP contribution in [0.4, 0.5) is 5.69 Å². The Morgan fingerprint density at radius 2 is 2.35 bits per heavy atom. The van der Waals surface area contributed by atoms with E-state index in [4.69, 9.17) is 5.73 Å². The number of fused-ring (bicyclic) bond motifs is 1. The maximum Gasteiger partial charge on any atom is 0.115 e. The van der Waals surface area contributed by atoms with Crippen LogP contribution >= 0.6 is 0 Å². The highest BCUT2D eigenvalue weighted by Crippen LogP contribution is 2.20. The van der Waals surface area contributed by atoms with Gasteiger partial charge in [-0.05, 0) is 44.1 Å². The number of rotatable bonds is 2. The molecule has 0 amide bonds. The molecule has 3 rings (SSSR count). The SMILES string of the molecule is CN1CCC(Cn2nnc3cc(N)ccc32)C1. The van der Waals surface area contributed by atoms with Crippen molar-refractivity contribution in [3.05, 3.63) is 18.2 Å².